The lowest BCUT2D eigenvalue weighted by Crippen LogP contribution is -2.21. The molecule has 0 unspecified atom stereocenters. The molecule has 1 aliphatic rings. The second-order valence-corrected chi connectivity index (χ2v) is 6.56. The first kappa shape index (κ1) is 16.9. The minimum atomic E-state index is -0.565. The van der Waals surface area contributed by atoms with Gasteiger partial charge in [0.2, 0.25) is 5.91 Å². The maximum absolute atomic E-state index is 12.0. The molecule has 0 radical (unpaired) electrons. The first-order valence-electron chi connectivity index (χ1n) is 8.69. The van der Waals surface area contributed by atoms with Crippen molar-refractivity contribution in [3.05, 3.63) is 59.8 Å². The summed E-state index contributed by atoms with van der Waals surface area (Å²) in [6, 6.07) is 15.0. The fourth-order valence-electron chi connectivity index (χ4n) is 3.29. The van der Waals surface area contributed by atoms with E-state index in [1.54, 1.807) is 16.6 Å². The van der Waals surface area contributed by atoms with Crippen LogP contribution in [0.4, 0.5) is 0 Å². The lowest BCUT2D eigenvalue weighted by Gasteiger charge is -2.05. The third-order valence-electron chi connectivity index (χ3n) is 4.73. The Morgan fingerprint density at radius 3 is 2.78 bits per heavy atom. The molecule has 6 heteroatoms. The fourth-order valence-corrected chi connectivity index (χ4v) is 3.29. The van der Waals surface area contributed by atoms with E-state index in [0.29, 0.717) is 5.39 Å². The number of hydrogen-bond donors (Lipinski definition) is 1. The van der Waals surface area contributed by atoms with Crippen molar-refractivity contribution in [2.24, 2.45) is 11.7 Å². The van der Waals surface area contributed by atoms with Gasteiger partial charge < -0.3 is 10.6 Å². The van der Waals surface area contributed by atoms with Crippen LogP contribution in [0.15, 0.2) is 48.5 Å². The van der Waals surface area contributed by atoms with Crippen LogP contribution in [0.5, 0.6) is 0 Å². The monoisotopic (exact) mass is 358 g/mol. The maximum atomic E-state index is 12.0. The van der Waals surface area contributed by atoms with Crippen molar-refractivity contribution in [1.29, 1.82) is 0 Å². The van der Waals surface area contributed by atoms with E-state index in [2.05, 4.69) is 16.9 Å². The molecule has 2 heterocycles. The van der Waals surface area contributed by atoms with E-state index in [0.717, 1.165) is 29.7 Å². The fraction of sp³-hybridized carbons (Fsp3) is 0.190. The van der Waals surface area contributed by atoms with Crippen molar-refractivity contribution in [3.63, 3.8) is 0 Å². The molecule has 1 aromatic heterocycles. The van der Waals surface area contributed by atoms with Gasteiger partial charge in [-0.25, -0.2) is 4.68 Å². The molecular formula is C21H18N4O2. The van der Waals surface area contributed by atoms with Gasteiger partial charge in [-0.3, -0.25) is 9.59 Å². The van der Waals surface area contributed by atoms with Crippen molar-refractivity contribution in [1.82, 2.24) is 14.7 Å². The zero-order valence-corrected chi connectivity index (χ0v) is 14.8. The number of aromatic nitrogens is 2. The van der Waals surface area contributed by atoms with Crippen LogP contribution in [-0.2, 0) is 4.79 Å². The summed E-state index contributed by atoms with van der Waals surface area (Å²) in [4.78, 5) is 25.4. The first-order chi connectivity index (χ1) is 13.0. The van der Waals surface area contributed by atoms with Crippen molar-refractivity contribution in [2.45, 2.75) is 6.42 Å². The summed E-state index contributed by atoms with van der Waals surface area (Å²) in [5.74, 6) is 5.43. The van der Waals surface area contributed by atoms with E-state index < -0.39 is 5.91 Å². The van der Waals surface area contributed by atoms with Crippen molar-refractivity contribution in [3.8, 4) is 17.5 Å². The van der Waals surface area contributed by atoms with Crippen LogP contribution in [0.1, 0.15) is 22.5 Å². The normalized spacial score (nSPS) is 16.4. The summed E-state index contributed by atoms with van der Waals surface area (Å²) in [6.45, 7) is 0.743. The van der Waals surface area contributed by atoms with Crippen LogP contribution in [0.3, 0.4) is 0 Å². The second-order valence-electron chi connectivity index (χ2n) is 6.56. The SMILES string of the molecule is CN1CC[C@H](C#Cc2cccc(-n3nc(C(N)=O)c4ccccc43)c2)C1=O. The number of para-hydroxylation sites is 1. The van der Waals surface area contributed by atoms with Crippen LogP contribution in [0.2, 0.25) is 0 Å². The van der Waals surface area contributed by atoms with Crippen LogP contribution in [-0.4, -0.2) is 40.1 Å². The van der Waals surface area contributed by atoms with E-state index in [1.807, 2.05) is 48.5 Å². The van der Waals surface area contributed by atoms with Crippen LogP contribution >= 0.6 is 0 Å². The molecule has 0 saturated carbocycles. The molecule has 0 aliphatic carbocycles. The van der Waals surface area contributed by atoms with Crippen LogP contribution in [0, 0.1) is 17.8 Å². The van der Waals surface area contributed by atoms with Crippen LogP contribution < -0.4 is 5.73 Å². The van der Waals surface area contributed by atoms with Gasteiger partial charge in [0.15, 0.2) is 5.69 Å². The Hall–Kier alpha value is -3.59. The number of rotatable bonds is 2. The van der Waals surface area contributed by atoms with Gasteiger partial charge in [-0.15, -0.1) is 0 Å². The molecule has 1 atom stereocenters. The van der Waals surface area contributed by atoms with Crippen molar-refractivity contribution in [2.75, 3.05) is 13.6 Å². The van der Waals surface area contributed by atoms with E-state index in [4.69, 9.17) is 5.73 Å². The number of nitrogens with two attached hydrogens (primary N) is 1. The molecule has 6 nitrogen and oxygen atoms in total. The van der Waals surface area contributed by atoms with Gasteiger partial charge in [0.05, 0.1) is 11.2 Å². The van der Waals surface area contributed by atoms with Gasteiger partial charge >= 0.3 is 0 Å². The largest absolute Gasteiger partial charge is 0.364 e. The molecule has 134 valence electrons. The van der Waals surface area contributed by atoms with Crippen molar-refractivity contribution >= 4 is 22.7 Å². The van der Waals surface area contributed by atoms with Crippen LogP contribution in [0.25, 0.3) is 16.6 Å². The molecule has 3 aromatic rings. The number of amides is 2. The number of hydrogen-bond acceptors (Lipinski definition) is 3. The topological polar surface area (TPSA) is 81.2 Å². The highest BCUT2D eigenvalue weighted by atomic mass is 16.2. The molecule has 1 aliphatic heterocycles. The predicted octanol–water partition coefficient (Wildman–Crippen LogP) is 1.95. The summed E-state index contributed by atoms with van der Waals surface area (Å²) >= 11 is 0. The van der Waals surface area contributed by atoms with E-state index in [9.17, 15) is 9.59 Å². The van der Waals surface area contributed by atoms with Crippen molar-refractivity contribution < 1.29 is 9.59 Å². The zero-order valence-electron chi connectivity index (χ0n) is 14.8. The highest BCUT2D eigenvalue weighted by Crippen LogP contribution is 2.22. The molecule has 2 amide bonds. The summed E-state index contributed by atoms with van der Waals surface area (Å²) in [5, 5.41) is 5.10. The van der Waals surface area contributed by atoms with Gasteiger partial charge in [-0.05, 0) is 30.7 Å². The number of likely N-dealkylation sites (tertiary alicyclic amines) is 1. The third-order valence-corrected chi connectivity index (χ3v) is 4.73. The highest BCUT2D eigenvalue weighted by Gasteiger charge is 2.27. The predicted molar refractivity (Wildman–Crippen MR) is 102 cm³/mol. The summed E-state index contributed by atoms with van der Waals surface area (Å²) in [7, 11) is 1.80. The Kier molecular flexibility index (Phi) is 4.13. The Labute approximate surface area is 156 Å². The maximum Gasteiger partial charge on any atom is 0.269 e. The standard InChI is InChI=1S/C21H18N4O2/c1-24-12-11-15(21(24)27)10-9-14-5-4-6-16(13-14)25-18-8-3-2-7-17(18)19(23-25)20(22)26/h2-8,13,15H,11-12H2,1H3,(H2,22,26)/t15-/m0/s1. The van der Waals surface area contributed by atoms with Gasteiger partial charge in [-0.2, -0.15) is 5.10 Å². The number of benzene rings is 2. The lowest BCUT2D eigenvalue weighted by molar-refractivity contribution is -0.128. The third kappa shape index (κ3) is 3.04. The van der Waals surface area contributed by atoms with E-state index >= 15 is 0 Å². The number of carbonyl (C=O) groups excluding carboxylic acids is 2. The minimum absolute atomic E-state index is 0.0721. The summed E-state index contributed by atoms with van der Waals surface area (Å²) in [6.07, 6.45) is 0.758. The molecule has 4 rings (SSSR count). The summed E-state index contributed by atoms with van der Waals surface area (Å²) < 4.78 is 1.69. The number of primary amides is 1. The molecule has 27 heavy (non-hydrogen) atoms. The lowest BCUT2D eigenvalue weighted by atomic mass is 10.1. The smallest absolute Gasteiger partial charge is 0.269 e. The van der Waals surface area contributed by atoms with Gasteiger partial charge in [0.25, 0.3) is 5.91 Å². The zero-order chi connectivity index (χ0) is 19.0. The molecule has 0 spiro atoms. The van der Waals surface area contributed by atoms with Gasteiger partial charge in [0, 0.05) is 24.5 Å². The number of nitrogens with zero attached hydrogens (tertiary/aromatic N) is 3. The molecular weight excluding hydrogens is 340 g/mol. The molecule has 1 saturated heterocycles. The minimum Gasteiger partial charge on any atom is -0.364 e. The van der Waals surface area contributed by atoms with E-state index in [1.165, 1.54) is 0 Å². The average molecular weight is 358 g/mol. The average Bonchev–Trinajstić information content (AvgIpc) is 3.22. The van der Waals surface area contributed by atoms with Gasteiger partial charge in [0.1, 0.15) is 5.92 Å². The molecule has 0 bridgehead atoms. The first-order valence-corrected chi connectivity index (χ1v) is 8.69. The highest BCUT2D eigenvalue weighted by molar-refractivity contribution is 6.04. The Morgan fingerprint density at radius 1 is 1.22 bits per heavy atom. The molecule has 2 N–H and O–H groups in total. The quantitative estimate of drug-likeness (QED) is 0.711. The number of carbonyl (C=O) groups is 2. The van der Waals surface area contributed by atoms with E-state index in [-0.39, 0.29) is 17.5 Å². The number of fused-ring (bicyclic) bond motifs is 1. The molecule has 2 aromatic carbocycles. The Bertz CT molecular complexity index is 1120. The second kappa shape index (κ2) is 6.61. The summed E-state index contributed by atoms with van der Waals surface area (Å²) in [5.41, 5.74) is 8.07. The Balaban J connectivity index is 1.73. The Morgan fingerprint density at radius 2 is 2.04 bits per heavy atom. The molecule has 1 fully saturated rings. The van der Waals surface area contributed by atoms with Gasteiger partial charge in [-0.1, -0.05) is 36.1 Å².